The Morgan fingerprint density at radius 3 is 2.86 bits per heavy atom. The third-order valence-electron chi connectivity index (χ3n) is 2.45. The highest BCUT2D eigenvalue weighted by Gasteiger charge is 2.14. The van der Waals surface area contributed by atoms with E-state index in [0.29, 0.717) is 23.0 Å². The summed E-state index contributed by atoms with van der Waals surface area (Å²) in [6.07, 6.45) is 2.48. The van der Waals surface area contributed by atoms with Crippen LogP contribution in [0, 0.1) is 11.8 Å². The second-order valence-corrected chi connectivity index (χ2v) is 5.72. The molecular weight excluding hydrogens is 312 g/mol. The van der Waals surface area contributed by atoms with Gasteiger partial charge in [-0.2, -0.15) is 23.6 Å². The topological polar surface area (TPSA) is 160 Å². The maximum atomic E-state index is 10.9. The molecule has 0 aliphatic heterocycles. The predicted octanol–water partition coefficient (Wildman–Crippen LogP) is -1.23. The zero-order valence-corrected chi connectivity index (χ0v) is 12.8. The second-order valence-electron chi connectivity index (χ2n) is 4.08. The average Bonchev–Trinajstić information content (AvgIpc) is 2.97. The quantitative estimate of drug-likeness (QED) is 0.513. The van der Waals surface area contributed by atoms with Crippen LogP contribution in [-0.2, 0) is 20.8 Å². The minimum Gasteiger partial charge on any atom is -0.412 e. The van der Waals surface area contributed by atoms with Crippen LogP contribution in [-0.4, -0.2) is 51.7 Å². The summed E-state index contributed by atoms with van der Waals surface area (Å²) in [5.41, 5.74) is 6.47. The lowest BCUT2D eigenvalue weighted by Gasteiger charge is -2.04. The molecule has 10 nitrogen and oxygen atoms in total. The number of hydrogen-bond donors (Lipinski definition) is 2. The molecule has 0 aliphatic rings. The number of aromatic amines is 1. The van der Waals surface area contributed by atoms with Crippen LogP contribution in [0.5, 0.6) is 0 Å². The van der Waals surface area contributed by atoms with Gasteiger partial charge in [-0.3, -0.25) is 9.28 Å². The first kappa shape index (κ1) is 17.6. The minimum absolute atomic E-state index is 0. The number of rotatable bonds is 5. The summed E-state index contributed by atoms with van der Waals surface area (Å²) in [6.45, 7) is 1.84. The standard InChI is InChI=1S/C11H14N6O3S.H2O/c1-3-4-9-14-11(16-15-9)8-7-13-17(10(8)12)5-6-20-21(2,18)19;/h7H,5-6,12H2,1-2H3,(H,14,15,16);1H2. The fraction of sp³-hybridized carbons (Fsp3) is 0.364. The van der Waals surface area contributed by atoms with Gasteiger partial charge in [0.05, 0.1) is 31.2 Å². The molecule has 0 amide bonds. The number of anilines is 1. The van der Waals surface area contributed by atoms with Crippen LogP contribution < -0.4 is 5.73 Å². The molecule has 0 radical (unpaired) electrons. The van der Waals surface area contributed by atoms with Crippen molar-refractivity contribution < 1.29 is 18.1 Å². The average molecular weight is 328 g/mol. The first-order chi connectivity index (χ1) is 9.90. The number of nitrogens with one attached hydrogen (secondary N) is 1. The molecule has 0 bridgehead atoms. The summed E-state index contributed by atoms with van der Waals surface area (Å²) in [5, 5.41) is 10.7. The van der Waals surface area contributed by atoms with Crippen molar-refractivity contribution in [3.05, 3.63) is 12.0 Å². The predicted molar refractivity (Wildman–Crippen MR) is 79.0 cm³/mol. The van der Waals surface area contributed by atoms with Gasteiger partial charge in [-0.25, -0.2) is 4.68 Å². The molecule has 0 aliphatic carbocycles. The highest BCUT2D eigenvalue weighted by atomic mass is 32.2. The SMILES string of the molecule is CC#Cc1nc(-c2cnn(CCOS(C)(=O)=O)c2N)n[nH]1.O. The molecule has 22 heavy (non-hydrogen) atoms. The highest BCUT2D eigenvalue weighted by molar-refractivity contribution is 7.85. The lowest BCUT2D eigenvalue weighted by Crippen LogP contribution is -2.13. The van der Waals surface area contributed by atoms with Gasteiger partial charge in [0.25, 0.3) is 10.1 Å². The van der Waals surface area contributed by atoms with Crippen LogP contribution in [0.15, 0.2) is 6.20 Å². The van der Waals surface area contributed by atoms with Gasteiger partial charge in [-0.1, -0.05) is 5.92 Å². The fourth-order valence-corrected chi connectivity index (χ4v) is 1.95. The molecule has 2 rings (SSSR count). The van der Waals surface area contributed by atoms with Crippen molar-refractivity contribution in [1.29, 1.82) is 0 Å². The van der Waals surface area contributed by atoms with E-state index in [1.54, 1.807) is 6.92 Å². The first-order valence-electron chi connectivity index (χ1n) is 5.92. The molecule has 0 saturated carbocycles. The van der Waals surface area contributed by atoms with Gasteiger partial charge in [0, 0.05) is 0 Å². The number of aromatic nitrogens is 5. The maximum absolute atomic E-state index is 10.9. The summed E-state index contributed by atoms with van der Waals surface area (Å²) in [4.78, 5) is 4.16. The summed E-state index contributed by atoms with van der Waals surface area (Å²) in [5.74, 6) is 6.57. The van der Waals surface area contributed by atoms with E-state index in [4.69, 9.17) is 5.73 Å². The molecule has 2 aromatic heterocycles. The number of nitrogen functional groups attached to an aromatic ring is 1. The van der Waals surface area contributed by atoms with E-state index in [0.717, 1.165) is 6.26 Å². The van der Waals surface area contributed by atoms with Crippen molar-refractivity contribution in [2.45, 2.75) is 13.5 Å². The molecule has 0 aromatic carbocycles. The normalized spacial score (nSPS) is 10.6. The van der Waals surface area contributed by atoms with Crippen molar-refractivity contribution in [3.63, 3.8) is 0 Å². The third kappa shape index (κ3) is 4.29. The van der Waals surface area contributed by atoms with E-state index >= 15 is 0 Å². The van der Waals surface area contributed by atoms with Crippen molar-refractivity contribution in [3.8, 4) is 23.2 Å². The maximum Gasteiger partial charge on any atom is 0.264 e. The molecule has 0 unspecified atom stereocenters. The molecule has 0 fully saturated rings. The van der Waals surface area contributed by atoms with E-state index in [1.807, 2.05) is 0 Å². The number of H-pyrrole nitrogens is 1. The largest absolute Gasteiger partial charge is 0.412 e. The molecular formula is C11H16N6O4S. The summed E-state index contributed by atoms with van der Waals surface area (Å²) in [6, 6.07) is 0. The Morgan fingerprint density at radius 2 is 2.23 bits per heavy atom. The summed E-state index contributed by atoms with van der Waals surface area (Å²) < 4.78 is 27.8. The monoisotopic (exact) mass is 328 g/mol. The molecule has 120 valence electrons. The van der Waals surface area contributed by atoms with Gasteiger partial charge < -0.3 is 11.2 Å². The number of hydrogen-bond acceptors (Lipinski definition) is 7. The molecule has 5 N–H and O–H groups in total. The molecule has 11 heteroatoms. The van der Waals surface area contributed by atoms with Gasteiger partial charge in [0.15, 0.2) is 5.82 Å². The molecule has 2 heterocycles. The van der Waals surface area contributed by atoms with E-state index in [2.05, 4.69) is 36.3 Å². The lowest BCUT2D eigenvalue weighted by molar-refractivity contribution is 0.298. The Bertz CT molecular complexity index is 798. The fourth-order valence-electron chi connectivity index (χ4n) is 1.58. The van der Waals surface area contributed by atoms with Crippen LogP contribution in [0.2, 0.25) is 0 Å². The number of nitrogens with zero attached hydrogens (tertiary/aromatic N) is 4. The van der Waals surface area contributed by atoms with Crippen LogP contribution in [0.1, 0.15) is 12.7 Å². The first-order valence-corrected chi connectivity index (χ1v) is 7.73. The van der Waals surface area contributed by atoms with Crippen molar-refractivity contribution >= 4 is 15.9 Å². The molecule has 0 spiro atoms. The van der Waals surface area contributed by atoms with Crippen LogP contribution in [0.4, 0.5) is 5.82 Å². The zero-order valence-electron chi connectivity index (χ0n) is 12.0. The summed E-state index contributed by atoms with van der Waals surface area (Å²) >= 11 is 0. The van der Waals surface area contributed by atoms with E-state index < -0.39 is 10.1 Å². The molecule has 0 atom stereocenters. The molecule has 2 aromatic rings. The summed E-state index contributed by atoms with van der Waals surface area (Å²) in [7, 11) is -3.48. The van der Waals surface area contributed by atoms with Gasteiger partial charge in [-0.05, 0) is 12.8 Å². The van der Waals surface area contributed by atoms with Crippen LogP contribution >= 0.6 is 0 Å². The number of nitrogens with two attached hydrogens (primary N) is 1. The van der Waals surface area contributed by atoms with Gasteiger partial charge in [0.2, 0.25) is 5.82 Å². The van der Waals surface area contributed by atoms with Gasteiger partial charge in [0.1, 0.15) is 5.82 Å². The van der Waals surface area contributed by atoms with Crippen molar-refractivity contribution in [1.82, 2.24) is 25.0 Å². The van der Waals surface area contributed by atoms with Crippen LogP contribution in [0.25, 0.3) is 11.4 Å². The Labute approximate surface area is 127 Å². The Hall–Kier alpha value is -2.42. The van der Waals surface area contributed by atoms with Gasteiger partial charge >= 0.3 is 0 Å². The molecule has 0 saturated heterocycles. The minimum atomic E-state index is -3.48. The van der Waals surface area contributed by atoms with Gasteiger partial charge in [-0.15, -0.1) is 0 Å². The lowest BCUT2D eigenvalue weighted by atomic mass is 10.3. The van der Waals surface area contributed by atoms with Crippen molar-refractivity contribution in [2.75, 3.05) is 18.6 Å². The zero-order chi connectivity index (χ0) is 15.5. The third-order valence-corrected chi connectivity index (χ3v) is 3.05. The van der Waals surface area contributed by atoms with Crippen molar-refractivity contribution in [2.24, 2.45) is 0 Å². The smallest absolute Gasteiger partial charge is 0.264 e. The Kier molecular flexibility index (Phi) is 5.63. The van der Waals surface area contributed by atoms with E-state index in [1.165, 1.54) is 10.9 Å². The van der Waals surface area contributed by atoms with E-state index in [9.17, 15) is 8.42 Å². The van der Waals surface area contributed by atoms with E-state index in [-0.39, 0.29) is 18.6 Å². The highest BCUT2D eigenvalue weighted by Crippen LogP contribution is 2.21. The Morgan fingerprint density at radius 1 is 1.50 bits per heavy atom. The second kappa shape index (κ2) is 7.03. The Balaban J connectivity index is 0.00000242. The van der Waals surface area contributed by atoms with Crippen LogP contribution in [0.3, 0.4) is 0 Å².